The first kappa shape index (κ1) is 15.6. The maximum Gasteiger partial charge on any atom is 0.350 e. The Morgan fingerprint density at radius 1 is 1.45 bits per heavy atom. The Balaban J connectivity index is 1.90. The molecule has 1 aromatic heterocycles. The number of nitrogens with zero attached hydrogens (tertiary/aromatic N) is 2. The standard InChI is InChI=1S/C15H22N2O5/c1-15(21)12(19)11(8-18)22-13(15)17-7-6-10(16-14(17)20)9-4-2-3-5-9/h6-7,9,11-13,18-19,21H,2-5,8H2,1H3/t11-,12-,13?,15-/m1/s1. The monoisotopic (exact) mass is 310 g/mol. The van der Waals surface area contributed by atoms with E-state index in [9.17, 15) is 20.1 Å². The van der Waals surface area contributed by atoms with Gasteiger partial charge in [0, 0.05) is 12.1 Å². The second-order valence-corrected chi connectivity index (χ2v) is 6.40. The molecule has 3 rings (SSSR count). The number of aromatic nitrogens is 2. The summed E-state index contributed by atoms with van der Waals surface area (Å²) in [6.45, 7) is 0.950. The van der Waals surface area contributed by atoms with Crippen LogP contribution in [0.1, 0.15) is 50.4 Å². The fourth-order valence-electron chi connectivity index (χ4n) is 3.44. The van der Waals surface area contributed by atoms with Gasteiger partial charge in [-0.2, -0.15) is 4.98 Å². The number of aliphatic hydroxyl groups is 3. The lowest BCUT2D eigenvalue weighted by molar-refractivity contribution is -0.0987. The SMILES string of the molecule is C[C@]1(O)C(n2ccc(C3CCCC3)nc2=O)O[C@H](CO)[C@H]1O. The van der Waals surface area contributed by atoms with Crippen LogP contribution in [0.4, 0.5) is 0 Å². The molecule has 122 valence electrons. The van der Waals surface area contributed by atoms with Crippen molar-refractivity contribution in [1.29, 1.82) is 0 Å². The molecule has 1 aromatic rings. The van der Waals surface area contributed by atoms with Gasteiger partial charge in [0.15, 0.2) is 6.23 Å². The first-order valence-corrected chi connectivity index (χ1v) is 7.71. The van der Waals surface area contributed by atoms with E-state index < -0.39 is 36.3 Å². The largest absolute Gasteiger partial charge is 0.394 e. The lowest BCUT2D eigenvalue weighted by Crippen LogP contribution is -2.46. The molecule has 0 amide bonds. The molecule has 0 spiro atoms. The minimum atomic E-state index is -1.67. The molecule has 0 bridgehead atoms. The molecule has 4 atom stereocenters. The van der Waals surface area contributed by atoms with Gasteiger partial charge in [-0.1, -0.05) is 12.8 Å². The zero-order valence-electron chi connectivity index (χ0n) is 12.6. The molecule has 22 heavy (non-hydrogen) atoms. The van der Waals surface area contributed by atoms with Crippen molar-refractivity contribution in [1.82, 2.24) is 9.55 Å². The van der Waals surface area contributed by atoms with E-state index >= 15 is 0 Å². The summed E-state index contributed by atoms with van der Waals surface area (Å²) in [7, 11) is 0. The highest BCUT2D eigenvalue weighted by Gasteiger charge is 2.53. The van der Waals surface area contributed by atoms with Crippen LogP contribution in [0.15, 0.2) is 17.1 Å². The molecule has 3 N–H and O–H groups in total. The van der Waals surface area contributed by atoms with E-state index in [0.717, 1.165) is 31.4 Å². The van der Waals surface area contributed by atoms with E-state index in [1.54, 1.807) is 12.3 Å². The first-order valence-electron chi connectivity index (χ1n) is 7.71. The number of hydrogen-bond acceptors (Lipinski definition) is 6. The Morgan fingerprint density at radius 3 is 2.68 bits per heavy atom. The van der Waals surface area contributed by atoms with Crippen molar-refractivity contribution in [2.75, 3.05) is 6.61 Å². The predicted molar refractivity (Wildman–Crippen MR) is 77.3 cm³/mol. The highest BCUT2D eigenvalue weighted by Crippen LogP contribution is 2.37. The van der Waals surface area contributed by atoms with Gasteiger partial charge < -0.3 is 20.1 Å². The van der Waals surface area contributed by atoms with Crippen LogP contribution in [-0.2, 0) is 4.74 Å². The van der Waals surface area contributed by atoms with Gasteiger partial charge in [0.1, 0.15) is 17.8 Å². The minimum Gasteiger partial charge on any atom is -0.394 e. The Labute approximate surface area is 128 Å². The quantitative estimate of drug-likeness (QED) is 0.720. The van der Waals surface area contributed by atoms with Gasteiger partial charge in [0.25, 0.3) is 0 Å². The van der Waals surface area contributed by atoms with Crippen LogP contribution in [0.25, 0.3) is 0 Å². The van der Waals surface area contributed by atoms with Gasteiger partial charge in [-0.25, -0.2) is 4.79 Å². The molecular formula is C15H22N2O5. The molecule has 7 heteroatoms. The van der Waals surface area contributed by atoms with Crippen LogP contribution in [0, 0.1) is 0 Å². The Bertz CT molecular complexity index is 594. The highest BCUT2D eigenvalue weighted by molar-refractivity contribution is 5.09. The van der Waals surface area contributed by atoms with Gasteiger partial charge in [0.05, 0.1) is 12.3 Å². The summed E-state index contributed by atoms with van der Waals surface area (Å²) in [5.74, 6) is 0.322. The second-order valence-electron chi connectivity index (χ2n) is 6.40. The molecular weight excluding hydrogens is 288 g/mol. The third kappa shape index (κ3) is 2.48. The number of ether oxygens (including phenoxy) is 1. The van der Waals surface area contributed by atoms with Crippen molar-refractivity contribution in [3.05, 3.63) is 28.4 Å². The van der Waals surface area contributed by atoms with Crippen LogP contribution in [0.2, 0.25) is 0 Å². The predicted octanol–water partition coefficient (Wildman–Crippen LogP) is -0.0975. The van der Waals surface area contributed by atoms with Crippen molar-refractivity contribution in [2.45, 2.75) is 62.6 Å². The molecule has 1 saturated carbocycles. The summed E-state index contributed by atoms with van der Waals surface area (Å²) < 4.78 is 6.62. The molecule has 1 aliphatic heterocycles. The summed E-state index contributed by atoms with van der Waals surface area (Å²) in [5, 5.41) is 29.6. The molecule has 1 unspecified atom stereocenters. The van der Waals surface area contributed by atoms with Crippen molar-refractivity contribution in [3.8, 4) is 0 Å². The van der Waals surface area contributed by atoms with Crippen molar-refractivity contribution in [3.63, 3.8) is 0 Å². The summed E-state index contributed by atoms with van der Waals surface area (Å²) >= 11 is 0. The number of rotatable bonds is 3. The smallest absolute Gasteiger partial charge is 0.350 e. The molecule has 0 aromatic carbocycles. The van der Waals surface area contributed by atoms with Crippen LogP contribution < -0.4 is 5.69 Å². The molecule has 2 heterocycles. The van der Waals surface area contributed by atoms with Gasteiger partial charge in [-0.3, -0.25) is 4.57 Å². The topological polar surface area (TPSA) is 105 Å². The average Bonchev–Trinajstić information content (AvgIpc) is 3.09. The average molecular weight is 310 g/mol. The van der Waals surface area contributed by atoms with E-state index in [1.807, 2.05) is 0 Å². The fourth-order valence-corrected chi connectivity index (χ4v) is 3.44. The first-order chi connectivity index (χ1) is 10.4. The van der Waals surface area contributed by atoms with E-state index in [0.29, 0.717) is 5.92 Å². The van der Waals surface area contributed by atoms with E-state index in [-0.39, 0.29) is 0 Å². The van der Waals surface area contributed by atoms with Crippen molar-refractivity contribution < 1.29 is 20.1 Å². The normalized spacial score (nSPS) is 36.1. The summed E-state index contributed by atoms with van der Waals surface area (Å²) in [4.78, 5) is 16.4. The third-order valence-electron chi connectivity index (χ3n) is 4.81. The van der Waals surface area contributed by atoms with Gasteiger partial charge >= 0.3 is 5.69 Å². The van der Waals surface area contributed by atoms with Gasteiger partial charge in [-0.15, -0.1) is 0 Å². The summed E-state index contributed by atoms with van der Waals surface area (Å²) in [6, 6.07) is 1.77. The Kier molecular flexibility index (Phi) is 4.07. The lowest BCUT2D eigenvalue weighted by Gasteiger charge is -2.27. The Hall–Kier alpha value is -1.28. The van der Waals surface area contributed by atoms with Gasteiger partial charge in [0.2, 0.25) is 0 Å². The minimum absolute atomic E-state index is 0.322. The molecule has 2 aliphatic rings. The lowest BCUT2D eigenvalue weighted by atomic mass is 9.96. The molecule has 1 aliphatic carbocycles. The molecule has 0 radical (unpaired) electrons. The highest BCUT2D eigenvalue weighted by atomic mass is 16.6. The maximum absolute atomic E-state index is 12.3. The maximum atomic E-state index is 12.3. The zero-order valence-corrected chi connectivity index (χ0v) is 12.6. The van der Waals surface area contributed by atoms with Crippen LogP contribution in [0.3, 0.4) is 0 Å². The zero-order chi connectivity index (χ0) is 15.9. The summed E-state index contributed by atoms with van der Waals surface area (Å²) in [6.07, 6.45) is 2.66. The second kappa shape index (κ2) is 5.73. The van der Waals surface area contributed by atoms with E-state index in [2.05, 4.69) is 4.98 Å². The van der Waals surface area contributed by atoms with E-state index in [4.69, 9.17) is 4.74 Å². The molecule has 1 saturated heterocycles. The van der Waals surface area contributed by atoms with Gasteiger partial charge in [-0.05, 0) is 25.8 Å². The van der Waals surface area contributed by atoms with Crippen LogP contribution in [0.5, 0.6) is 0 Å². The fraction of sp³-hybridized carbons (Fsp3) is 0.733. The van der Waals surface area contributed by atoms with Crippen molar-refractivity contribution >= 4 is 0 Å². The molecule has 2 fully saturated rings. The summed E-state index contributed by atoms with van der Waals surface area (Å²) in [5.41, 5.74) is -1.41. The van der Waals surface area contributed by atoms with E-state index in [1.165, 1.54) is 11.5 Å². The van der Waals surface area contributed by atoms with Crippen LogP contribution >= 0.6 is 0 Å². The third-order valence-corrected chi connectivity index (χ3v) is 4.81. The molecule has 7 nitrogen and oxygen atoms in total. The van der Waals surface area contributed by atoms with Crippen molar-refractivity contribution in [2.24, 2.45) is 0 Å². The Morgan fingerprint density at radius 2 is 2.14 bits per heavy atom. The number of hydrogen-bond donors (Lipinski definition) is 3. The number of aliphatic hydroxyl groups excluding tert-OH is 2. The van der Waals surface area contributed by atoms with Crippen LogP contribution in [-0.4, -0.2) is 49.3 Å².